The number of nitrogens with zero attached hydrogens (tertiary/aromatic N) is 1. The molecular weight excluding hydrogens is 249 g/mol. The van der Waals surface area contributed by atoms with Crippen molar-refractivity contribution in [1.29, 1.82) is 0 Å². The number of likely N-dealkylation sites (tertiary alicyclic amines) is 1. The van der Waals surface area contributed by atoms with Gasteiger partial charge in [0.1, 0.15) is 0 Å². The molecule has 0 N–H and O–H groups in total. The summed E-state index contributed by atoms with van der Waals surface area (Å²) >= 11 is 2.46. The molecule has 66 valence electrons. The van der Waals surface area contributed by atoms with E-state index in [1.165, 1.54) is 30.2 Å². The van der Waals surface area contributed by atoms with Crippen molar-refractivity contribution in [2.24, 2.45) is 0 Å². The average molecular weight is 267 g/mol. The molecule has 1 aliphatic heterocycles. The lowest BCUT2D eigenvalue weighted by molar-refractivity contribution is 0.216. The molecule has 0 radical (unpaired) electrons. The summed E-state index contributed by atoms with van der Waals surface area (Å²) in [6.07, 6.45) is 4.17. The van der Waals surface area contributed by atoms with E-state index < -0.39 is 0 Å². The lowest BCUT2D eigenvalue weighted by atomic mass is 10.2. The molecule has 0 aliphatic carbocycles. The summed E-state index contributed by atoms with van der Waals surface area (Å²) in [7, 11) is 0. The second-order valence-corrected chi connectivity index (χ2v) is 4.63. The Hall–Kier alpha value is 0.690. The summed E-state index contributed by atoms with van der Waals surface area (Å²) in [5.41, 5.74) is 0. The first-order valence-electron chi connectivity index (χ1n) is 4.57. The van der Waals surface area contributed by atoms with Gasteiger partial charge in [0.05, 0.1) is 0 Å². The van der Waals surface area contributed by atoms with E-state index in [4.69, 9.17) is 0 Å². The van der Waals surface area contributed by atoms with Crippen LogP contribution in [-0.2, 0) is 0 Å². The Kier molecular flexibility index (Phi) is 4.13. The molecule has 1 fully saturated rings. The minimum atomic E-state index is 0.841. The summed E-state index contributed by atoms with van der Waals surface area (Å²) in [4.78, 5) is 2.65. The molecule has 1 aliphatic rings. The van der Waals surface area contributed by atoms with Gasteiger partial charge in [-0.15, -0.1) is 0 Å². The number of alkyl halides is 1. The highest BCUT2D eigenvalue weighted by atomic mass is 127. The van der Waals surface area contributed by atoms with Crippen LogP contribution in [0, 0.1) is 0 Å². The van der Waals surface area contributed by atoms with Crippen molar-refractivity contribution in [3.63, 3.8) is 0 Å². The highest BCUT2D eigenvalue weighted by molar-refractivity contribution is 14.1. The minimum absolute atomic E-state index is 0.841. The van der Waals surface area contributed by atoms with Crippen molar-refractivity contribution >= 4 is 22.6 Å². The van der Waals surface area contributed by atoms with Crippen LogP contribution in [0.4, 0.5) is 0 Å². The largest absolute Gasteiger partial charge is 0.298 e. The quantitative estimate of drug-likeness (QED) is 0.561. The second-order valence-electron chi connectivity index (χ2n) is 3.56. The van der Waals surface area contributed by atoms with Gasteiger partial charge in [0.25, 0.3) is 0 Å². The van der Waals surface area contributed by atoms with Crippen LogP contribution in [0.5, 0.6) is 0 Å². The number of hydrogen-bond donors (Lipinski definition) is 0. The summed E-state index contributed by atoms with van der Waals surface area (Å²) in [5.74, 6) is 0. The van der Waals surface area contributed by atoms with Crippen molar-refractivity contribution in [2.75, 3.05) is 11.0 Å². The third-order valence-corrected chi connectivity index (χ3v) is 3.45. The maximum atomic E-state index is 2.65. The predicted molar refractivity (Wildman–Crippen MR) is 58.4 cm³/mol. The molecule has 1 nitrogen and oxygen atoms in total. The van der Waals surface area contributed by atoms with Gasteiger partial charge in [-0.05, 0) is 39.7 Å². The van der Waals surface area contributed by atoms with Crippen LogP contribution in [0.3, 0.4) is 0 Å². The molecule has 2 atom stereocenters. The molecule has 0 spiro atoms. The topological polar surface area (TPSA) is 3.24 Å². The normalized spacial score (nSPS) is 33.0. The zero-order chi connectivity index (χ0) is 8.27. The molecular formula is C9H18IN. The Bertz CT molecular complexity index is 106. The van der Waals surface area contributed by atoms with Gasteiger partial charge < -0.3 is 0 Å². The fraction of sp³-hybridized carbons (Fsp3) is 1.00. The lowest BCUT2D eigenvalue weighted by Gasteiger charge is -2.25. The first-order chi connectivity index (χ1) is 5.25. The van der Waals surface area contributed by atoms with Crippen LogP contribution < -0.4 is 0 Å². The van der Waals surface area contributed by atoms with E-state index in [1.807, 2.05) is 0 Å². The first-order valence-corrected chi connectivity index (χ1v) is 6.10. The first kappa shape index (κ1) is 9.78. The van der Waals surface area contributed by atoms with Crippen molar-refractivity contribution in [3.05, 3.63) is 0 Å². The maximum Gasteiger partial charge on any atom is 0.00703 e. The van der Waals surface area contributed by atoms with Gasteiger partial charge >= 0.3 is 0 Å². The van der Waals surface area contributed by atoms with Crippen LogP contribution >= 0.6 is 22.6 Å². The van der Waals surface area contributed by atoms with Gasteiger partial charge in [-0.1, -0.05) is 22.6 Å². The minimum Gasteiger partial charge on any atom is -0.298 e. The van der Waals surface area contributed by atoms with Crippen molar-refractivity contribution in [3.8, 4) is 0 Å². The molecule has 11 heavy (non-hydrogen) atoms. The van der Waals surface area contributed by atoms with Crippen molar-refractivity contribution < 1.29 is 0 Å². The standard InChI is InChI=1S/C9H18IN/c1-8-4-5-9(2)11(8)7-3-6-10/h8-9H,3-7H2,1-2H3. The van der Waals surface area contributed by atoms with E-state index in [1.54, 1.807) is 0 Å². The van der Waals surface area contributed by atoms with E-state index in [0.717, 1.165) is 12.1 Å². The molecule has 0 bridgehead atoms. The van der Waals surface area contributed by atoms with E-state index >= 15 is 0 Å². The number of hydrogen-bond acceptors (Lipinski definition) is 1. The number of rotatable bonds is 3. The molecule has 1 heterocycles. The maximum absolute atomic E-state index is 2.65. The lowest BCUT2D eigenvalue weighted by Crippen LogP contribution is -2.33. The zero-order valence-electron chi connectivity index (χ0n) is 7.52. The van der Waals surface area contributed by atoms with E-state index in [2.05, 4.69) is 41.3 Å². The Morgan fingerprint density at radius 1 is 1.27 bits per heavy atom. The van der Waals surface area contributed by atoms with Gasteiger partial charge in [0, 0.05) is 16.5 Å². The fourth-order valence-corrected chi connectivity index (χ4v) is 2.27. The third-order valence-electron chi connectivity index (χ3n) is 2.68. The van der Waals surface area contributed by atoms with Crippen LogP contribution in [0.1, 0.15) is 33.1 Å². The zero-order valence-corrected chi connectivity index (χ0v) is 9.67. The monoisotopic (exact) mass is 267 g/mol. The molecule has 0 aromatic heterocycles. The molecule has 2 unspecified atom stereocenters. The van der Waals surface area contributed by atoms with Crippen LogP contribution in [0.25, 0.3) is 0 Å². The summed E-state index contributed by atoms with van der Waals surface area (Å²) in [6, 6.07) is 1.68. The second kappa shape index (κ2) is 4.65. The summed E-state index contributed by atoms with van der Waals surface area (Å²) in [6.45, 7) is 6.03. The Balaban J connectivity index is 2.29. The molecule has 1 rings (SSSR count). The van der Waals surface area contributed by atoms with Crippen LogP contribution in [0.15, 0.2) is 0 Å². The van der Waals surface area contributed by atoms with E-state index in [-0.39, 0.29) is 0 Å². The molecule has 0 saturated carbocycles. The summed E-state index contributed by atoms with van der Waals surface area (Å²) < 4.78 is 1.30. The highest BCUT2D eigenvalue weighted by Crippen LogP contribution is 2.23. The Morgan fingerprint density at radius 3 is 2.27 bits per heavy atom. The molecule has 2 heteroatoms. The predicted octanol–water partition coefficient (Wildman–Crippen LogP) is 2.68. The smallest absolute Gasteiger partial charge is 0.00703 e. The SMILES string of the molecule is CC1CCC(C)N1CCCI. The molecule has 0 aromatic rings. The molecule has 0 aromatic carbocycles. The fourth-order valence-electron chi connectivity index (χ4n) is 1.93. The van der Waals surface area contributed by atoms with Gasteiger partial charge in [0.2, 0.25) is 0 Å². The van der Waals surface area contributed by atoms with Gasteiger partial charge in [-0.25, -0.2) is 0 Å². The van der Waals surface area contributed by atoms with Gasteiger partial charge in [0.15, 0.2) is 0 Å². The Labute approximate surface area is 83.7 Å². The van der Waals surface area contributed by atoms with Crippen LogP contribution in [-0.4, -0.2) is 28.0 Å². The highest BCUT2D eigenvalue weighted by Gasteiger charge is 2.25. The van der Waals surface area contributed by atoms with E-state index in [9.17, 15) is 0 Å². The van der Waals surface area contributed by atoms with Crippen molar-refractivity contribution in [2.45, 2.75) is 45.2 Å². The van der Waals surface area contributed by atoms with Gasteiger partial charge in [-0.2, -0.15) is 0 Å². The molecule has 0 amide bonds. The molecule has 1 saturated heterocycles. The Morgan fingerprint density at radius 2 is 1.82 bits per heavy atom. The number of halogens is 1. The van der Waals surface area contributed by atoms with E-state index in [0.29, 0.717) is 0 Å². The summed E-state index contributed by atoms with van der Waals surface area (Å²) in [5, 5.41) is 0. The van der Waals surface area contributed by atoms with Crippen molar-refractivity contribution in [1.82, 2.24) is 4.90 Å². The average Bonchev–Trinajstić information content (AvgIpc) is 2.29. The third kappa shape index (κ3) is 2.58. The van der Waals surface area contributed by atoms with Gasteiger partial charge in [-0.3, -0.25) is 4.90 Å². The van der Waals surface area contributed by atoms with Crippen LogP contribution in [0.2, 0.25) is 0 Å².